The second-order valence-corrected chi connectivity index (χ2v) is 9.86. The van der Waals surface area contributed by atoms with Crippen LogP contribution in [0.4, 0.5) is 4.39 Å². The fourth-order valence-corrected chi connectivity index (χ4v) is 5.50. The summed E-state index contributed by atoms with van der Waals surface area (Å²) in [6, 6.07) is 26.0. The van der Waals surface area contributed by atoms with E-state index in [1.807, 2.05) is 55.5 Å². The fraction of sp³-hybridized carbons (Fsp3) is 0.259. The van der Waals surface area contributed by atoms with Crippen LogP contribution >= 0.6 is 0 Å². The maximum absolute atomic E-state index is 14.8. The first-order chi connectivity index (χ1) is 14.4. The van der Waals surface area contributed by atoms with E-state index in [0.717, 1.165) is 16.9 Å². The maximum Gasteiger partial charge on any atom is 0.170 e. The average molecular weight is 422 g/mol. The summed E-state index contributed by atoms with van der Waals surface area (Å²) in [7, 11) is -0.342. The zero-order valence-corrected chi connectivity index (χ0v) is 19.2. The molecule has 0 saturated carbocycles. The van der Waals surface area contributed by atoms with Crippen LogP contribution < -0.4 is 4.74 Å². The Labute approximate surface area is 183 Å². The summed E-state index contributed by atoms with van der Waals surface area (Å²) < 4.78 is 21.2. The van der Waals surface area contributed by atoms with E-state index >= 15 is 0 Å². The monoisotopic (exact) mass is 421 g/mol. The van der Waals surface area contributed by atoms with E-state index in [2.05, 4.69) is 52.0 Å². The predicted molar refractivity (Wildman–Crippen MR) is 125 cm³/mol. The van der Waals surface area contributed by atoms with Crippen molar-refractivity contribution in [3.63, 3.8) is 0 Å². The van der Waals surface area contributed by atoms with Crippen molar-refractivity contribution in [2.24, 2.45) is 0 Å². The Bertz CT molecular complexity index is 970. The summed E-state index contributed by atoms with van der Waals surface area (Å²) in [5.41, 5.74) is 1.79. The molecule has 0 aromatic heterocycles. The average Bonchev–Trinajstić information content (AvgIpc) is 2.77. The molecule has 0 heterocycles. The fourth-order valence-electron chi connectivity index (χ4n) is 3.40. The molecule has 0 spiro atoms. The summed E-state index contributed by atoms with van der Waals surface area (Å²) in [5.74, 6) is -0.0218. The van der Waals surface area contributed by atoms with Gasteiger partial charge in [0.05, 0.1) is 10.9 Å². The molecule has 0 radical (unpaired) electrons. The molecule has 1 nitrogen and oxygen atoms in total. The first-order valence-electron chi connectivity index (χ1n) is 10.3. The van der Waals surface area contributed by atoms with E-state index in [1.54, 1.807) is 0 Å². The summed E-state index contributed by atoms with van der Waals surface area (Å²) in [4.78, 5) is 3.43. The summed E-state index contributed by atoms with van der Waals surface area (Å²) in [6.07, 6.45) is 0.761. The van der Waals surface area contributed by atoms with Crippen LogP contribution in [-0.2, 0) is 10.9 Å². The minimum Gasteiger partial charge on any atom is -0.480 e. The van der Waals surface area contributed by atoms with Gasteiger partial charge in [0.25, 0.3) is 0 Å². The number of hydrogen-bond donors (Lipinski definition) is 0. The smallest absolute Gasteiger partial charge is 0.170 e. The number of allylic oxidation sites excluding steroid dienone is 1. The van der Waals surface area contributed by atoms with Crippen molar-refractivity contribution >= 4 is 10.9 Å². The highest BCUT2D eigenvalue weighted by Gasteiger charge is 2.32. The lowest BCUT2D eigenvalue weighted by Gasteiger charge is -2.32. The molecule has 156 valence electrons. The summed E-state index contributed by atoms with van der Waals surface area (Å²) in [5, 5.41) is 0. The molecule has 3 aromatic rings. The number of hydrogen-bond acceptors (Lipinski definition) is 1. The van der Waals surface area contributed by atoms with E-state index in [-0.39, 0.29) is 16.7 Å². The van der Waals surface area contributed by atoms with Crippen LogP contribution in [0.25, 0.3) is 0 Å². The van der Waals surface area contributed by atoms with Gasteiger partial charge in [-0.15, -0.1) is 0 Å². The lowest BCUT2D eigenvalue weighted by molar-refractivity contribution is 0.115. The molecular weight excluding hydrogens is 391 g/mol. The number of rotatable bonds is 7. The Morgan fingerprint density at radius 3 is 1.83 bits per heavy atom. The molecule has 0 amide bonds. The molecule has 3 rings (SSSR count). The lowest BCUT2D eigenvalue weighted by Crippen LogP contribution is -2.34. The lowest BCUT2D eigenvalue weighted by atomic mass is 9.90. The van der Waals surface area contributed by atoms with Gasteiger partial charge in [0.1, 0.15) is 5.60 Å². The Balaban J connectivity index is 2.09. The minimum absolute atomic E-state index is 0.307. The number of benzene rings is 3. The highest BCUT2D eigenvalue weighted by molar-refractivity contribution is 7.97. The number of halogens is 1. The second kappa shape index (κ2) is 9.53. The standard InChI is InChI=1S/C27H30FOS/c1-6-27(5,21(4)20(2)3)29-26-19-24(17-18-25(26)28)30(22-13-9-7-10-14-22)23-15-11-8-12-16-23/h7-19H,6H2,1-5H3/q+1. The second-order valence-electron chi connectivity index (χ2n) is 7.84. The van der Waals surface area contributed by atoms with Crippen LogP contribution in [0.2, 0.25) is 0 Å². The van der Waals surface area contributed by atoms with E-state index in [0.29, 0.717) is 5.75 Å². The SMILES string of the molecule is CCC(C)(Oc1cc([S+](c2ccccc2)c2ccccc2)ccc1F)C(C)=C(C)C. The molecule has 3 heteroatoms. The Kier molecular flexibility index (Phi) is 7.04. The molecule has 0 bridgehead atoms. The first kappa shape index (κ1) is 22.2. The summed E-state index contributed by atoms with van der Waals surface area (Å²) in [6.45, 7) is 10.3. The zero-order valence-electron chi connectivity index (χ0n) is 18.4. The van der Waals surface area contributed by atoms with Crippen LogP contribution in [-0.4, -0.2) is 5.60 Å². The van der Waals surface area contributed by atoms with Crippen LogP contribution in [0.5, 0.6) is 5.75 Å². The molecule has 0 aliphatic carbocycles. The molecule has 3 aromatic carbocycles. The van der Waals surface area contributed by atoms with Crippen molar-refractivity contribution in [1.29, 1.82) is 0 Å². The maximum atomic E-state index is 14.8. The normalized spacial score (nSPS) is 13.0. The van der Waals surface area contributed by atoms with Gasteiger partial charge in [-0.2, -0.15) is 0 Å². The quantitative estimate of drug-likeness (QED) is 0.279. The molecule has 0 aliphatic rings. The van der Waals surface area contributed by atoms with Gasteiger partial charge >= 0.3 is 0 Å². The molecule has 0 fully saturated rings. The van der Waals surface area contributed by atoms with E-state index < -0.39 is 5.60 Å². The molecule has 0 saturated heterocycles. The first-order valence-corrected chi connectivity index (χ1v) is 11.6. The van der Waals surface area contributed by atoms with Crippen molar-refractivity contribution in [2.75, 3.05) is 0 Å². The number of ether oxygens (including phenoxy) is 1. The molecule has 1 atom stereocenters. The van der Waals surface area contributed by atoms with Crippen LogP contribution in [0.1, 0.15) is 41.0 Å². The van der Waals surface area contributed by atoms with Crippen LogP contribution in [0, 0.1) is 5.82 Å². The third-order valence-corrected chi connectivity index (χ3v) is 7.86. The van der Waals surface area contributed by atoms with Gasteiger partial charge in [-0.1, -0.05) is 48.9 Å². The van der Waals surface area contributed by atoms with Gasteiger partial charge in [-0.3, -0.25) is 0 Å². The highest BCUT2D eigenvalue weighted by atomic mass is 32.2. The van der Waals surface area contributed by atoms with Gasteiger partial charge in [-0.25, -0.2) is 4.39 Å². The van der Waals surface area contributed by atoms with Crippen molar-refractivity contribution in [1.82, 2.24) is 0 Å². The molecule has 0 aliphatic heterocycles. The van der Waals surface area contributed by atoms with Crippen LogP contribution in [0.15, 0.2) is 105 Å². The molecule has 1 unspecified atom stereocenters. The van der Waals surface area contributed by atoms with E-state index in [1.165, 1.54) is 21.4 Å². The van der Waals surface area contributed by atoms with Crippen molar-refractivity contribution in [2.45, 2.75) is 61.3 Å². The van der Waals surface area contributed by atoms with E-state index in [9.17, 15) is 4.39 Å². The van der Waals surface area contributed by atoms with Crippen molar-refractivity contribution in [3.05, 3.63) is 95.8 Å². The predicted octanol–water partition coefficient (Wildman–Crippen LogP) is 7.82. The summed E-state index contributed by atoms with van der Waals surface area (Å²) >= 11 is 0. The topological polar surface area (TPSA) is 9.23 Å². The van der Waals surface area contributed by atoms with Crippen molar-refractivity contribution in [3.8, 4) is 5.75 Å². The van der Waals surface area contributed by atoms with Gasteiger partial charge in [0.2, 0.25) is 0 Å². The Hall–Kier alpha value is -2.52. The Morgan fingerprint density at radius 2 is 1.37 bits per heavy atom. The zero-order chi connectivity index (χ0) is 21.7. The van der Waals surface area contributed by atoms with Gasteiger partial charge in [0.15, 0.2) is 26.3 Å². The van der Waals surface area contributed by atoms with Crippen molar-refractivity contribution < 1.29 is 9.13 Å². The largest absolute Gasteiger partial charge is 0.480 e. The van der Waals surface area contributed by atoms with Gasteiger partial charge in [0, 0.05) is 6.07 Å². The molecule has 0 N–H and O–H groups in total. The Morgan fingerprint density at radius 1 is 0.833 bits per heavy atom. The third kappa shape index (κ3) is 4.79. The minimum atomic E-state index is -0.545. The van der Waals surface area contributed by atoms with Gasteiger partial charge in [-0.05, 0) is 76.1 Å². The van der Waals surface area contributed by atoms with Crippen LogP contribution in [0.3, 0.4) is 0 Å². The van der Waals surface area contributed by atoms with Gasteiger partial charge < -0.3 is 4.74 Å². The third-order valence-electron chi connectivity index (χ3n) is 5.65. The molecule has 30 heavy (non-hydrogen) atoms. The highest BCUT2D eigenvalue weighted by Crippen LogP contribution is 2.36. The molecular formula is C27H30FOS+. The van der Waals surface area contributed by atoms with E-state index in [4.69, 9.17) is 4.74 Å².